The molecule has 3 nitrogen and oxygen atoms in total. The second kappa shape index (κ2) is 4.26. The van der Waals surface area contributed by atoms with Crippen molar-refractivity contribution in [3.8, 4) is 0 Å². The van der Waals surface area contributed by atoms with Gasteiger partial charge in [0.1, 0.15) is 0 Å². The van der Waals surface area contributed by atoms with Gasteiger partial charge in [-0.05, 0) is 25.0 Å². The van der Waals surface area contributed by atoms with Crippen LogP contribution < -0.4 is 0 Å². The minimum atomic E-state index is -0.349. The van der Waals surface area contributed by atoms with E-state index in [0.29, 0.717) is 12.1 Å². The minimum Gasteiger partial charge on any atom is -0.328 e. The van der Waals surface area contributed by atoms with Crippen LogP contribution in [0.5, 0.6) is 0 Å². The molecule has 2 rings (SSSR count). The first-order valence-electron chi connectivity index (χ1n) is 5.06. The zero-order valence-corrected chi connectivity index (χ0v) is 8.35. The maximum atomic E-state index is 12.0. The van der Waals surface area contributed by atoms with E-state index < -0.39 is 0 Å². The highest BCUT2D eigenvalue weighted by Gasteiger charge is 2.29. The quantitative estimate of drug-likeness (QED) is 0.727. The Kier molecular flexibility index (Phi) is 2.81. The Hall–Kier alpha value is -1.64. The number of hydrogen-bond acceptors (Lipinski definition) is 2. The zero-order chi connectivity index (χ0) is 10.7. The van der Waals surface area contributed by atoms with Crippen LogP contribution >= 0.6 is 0 Å². The van der Waals surface area contributed by atoms with Gasteiger partial charge in [-0.3, -0.25) is 9.59 Å². The Morgan fingerprint density at radius 3 is 2.73 bits per heavy atom. The van der Waals surface area contributed by atoms with Crippen molar-refractivity contribution in [1.82, 2.24) is 4.90 Å². The zero-order valence-electron chi connectivity index (χ0n) is 8.35. The summed E-state index contributed by atoms with van der Waals surface area (Å²) in [6, 6.07) is 8.69. The number of benzene rings is 1. The highest BCUT2D eigenvalue weighted by molar-refractivity contribution is 5.95. The molecule has 0 unspecified atom stereocenters. The van der Waals surface area contributed by atoms with Crippen molar-refractivity contribution in [2.75, 3.05) is 6.54 Å². The minimum absolute atomic E-state index is 0.0681. The molecule has 1 fully saturated rings. The third-order valence-electron chi connectivity index (χ3n) is 2.67. The van der Waals surface area contributed by atoms with Gasteiger partial charge in [0.25, 0.3) is 5.91 Å². The summed E-state index contributed by atoms with van der Waals surface area (Å²) in [5, 5.41) is 0. The summed E-state index contributed by atoms with van der Waals surface area (Å²) in [6.45, 7) is 0.660. The third-order valence-corrected chi connectivity index (χ3v) is 2.67. The van der Waals surface area contributed by atoms with Crippen molar-refractivity contribution in [3.05, 3.63) is 35.9 Å². The SMILES string of the molecule is O=[C][C@@H]1CCCN1C(=O)c1ccccc1. The summed E-state index contributed by atoms with van der Waals surface area (Å²) in [6.07, 6.45) is 3.55. The van der Waals surface area contributed by atoms with E-state index >= 15 is 0 Å². The van der Waals surface area contributed by atoms with Gasteiger partial charge in [0.2, 0.25) is 6.29 Å². The third kappa shape index (κ3) is 1.91. The second-order valence-corrected chi connectivity index (χ2v) is 3.64. The molecule has 77 valence electrons. The van der Waals surface area contributed by atoms with Gasteiger partial charge < -0.3 is 4.90 Å². The molecule has 0 aliphatic carbocycles. The molecule has 1 radical (unpaired) electrons. The van der Waals surface area contributed by atoms with Crippen molar-refractivity contribution in [2.24, 2.45) is 0 Å². The molecular formula is C12H12NO2. The average molecular weight is 202 g/mol. The number of hydrogen-bond donors (Lipinski definition) is 0. The van der Waals surface area contributed by atoms with E-state index in [1.165, 1.54) is 0 Å². The lowest BCUT2D eigenvalue weighted by Crippen LogP contribution is -2.36. The molecule has 0 saturated carbocycles. The van der Waals surface area contributed by atoms with Crippen molar-refractivity contribution >= 4 is 12.2 Å². The molecule has 1 aromatic carbocycles. The summed E-state index contributed by atoms with van der Waals surface area (Å²) in [4.78, 5) is 24.2. The van der Waals surface area contributed by atoms with Gasteiger partial charge in [-0.2, -0.15) is 0 Å². The number of rotatable bonds is 2. The van der Waals surface area contributed by atoms with E-state index in [-0.39, 0.29) is 11.9 Å². The lowest BCUT2D eigenvalue weighted by atomic mass is 10.2. The van der Waals surface area contributed by atoms with E-state index in [4.69, 9.17) is 0 Å². The molecular weight excluding hydrogens is 190 g/mol. The van der Waals surface area contributed by atoms with Crippen molar-refractivity contribution in [2.45, 2.75) is 18.9 Å². The first-order valence-corrected chi connectivity index (χ1v) is 5.06. The number of nitrogens with zero attached hydrogens (tertiary/aromatic N) is 1. The van der Waals surface area contributed by atoms with Crippen LogP contribution in [0.25, 0.3) is 0 Å². The van der Waals surface area contributed by atoms with E-state index in [9.17, 15) is 9.59 Å². The molecule has 0 spiro atoms. The van der Waals surface area contributed by atoms with Gasteiger partial charge in [0.05, 0.1) is 6.04 Å². The van der Waals surface area contributed by atoms with Gasteiger partial charge in [-0.15, -0.1) is 0 Å². The summed E-state index contributed by atoms with van der Waals surface area (Å²) < 4.78 is 0. The first-order chi connectivity index (χ1) is 7.33. The van der Waals surface area contributed by atoms with Gasteiger partial charge in [-0.1, -0.05) is 18.2 Å². The number of carbonyl (C=O) groups excluding carboxylic acids is 2. The average Bonchev–Trinajstić information content (AvgIpc) is 2.77. The van der Waals surface area contributed by atoms with Gasteiger partial charge in [-0.25, -0.2) is 0 Å². The summed E-state index contributed by atoms with van der Waals surface area (Å²) in [5.41, 5.74) is 0.639. The molecule has 0 N–H and O–H groups in total. The maximum Gasteiger partial charge on any atom is 0.254 e. The molecule has 1 amide bonds. The summed E-state index contributed by atoms with van der Waals surface area (Å²) in [7, 11) is 0. The van der Waals surface area contributed by atoms with Crippen molar-refractivity contribution < 1.29 is 9.59 Å². The fraction of sp³-hybridized carbons (Fsp3) is 0.333. The van der Waals surface area contributed by atoms with Crippen LogP contribution in [0.4, 0.5) is 0 Å². The Morgan fingerprint density at radius 1 is 1.33 bits per heavy atom. The monoisotopic (exact) mass is 202 g/mol. The molecule has 1 heterocycles. The fourth-order valence-electron chi connectivity index (χ4n) is 1.88. The van der Waals surface area contributed by atoms with Crippen molar-refractivity contribution in [1.29, 1.82) is 0 Å². The highest BCUT2D eigenvalue weighted by atomic mass is 16.2. The van der Waals surface area contributed by atoms with Crippen LogP contribution in [0.3, 0.4) is 0 Å². The smallest absolute Gasteiger partial charge is 0.254 e. The molecule has 0 bridgehead atoms. The largest absolute Gasteiger partial charge is 0.328 e. The fourth-order valence-corrected chi connectivity index (χ4v) is 1.88. The standard InChI is InChI=1S/C12H12NO2/c14-9-11-7-4-8-13(11)12(15)10-5-2-1-3-6-10/h1-3,5-6,11H,4,7-8H2/t11-/m0/s1. The molecule has 1 aliphatic heterocycles. The summed E-state index contributed by atoms with van der Waals surface area (Å²) >= 11 is 0. The molecule has 0 aromatic heterocycles. The van der Waals surface area contributed by atoms with E-state index in [2.05, 4.69) is 0 Å². The molecule has 15 heavy (non-hydrogen) atoms. The van der Waals surface area contributed by atoms with E-state index in [1.54, 1.807) is 17.0 Å². The lowest BCUT2D eigenvalue weighted by molar-refractivity contribution is 0.0768. The first kappa shape index (κ1) is 9.90. The Morgan fingerprint density at radius 2 is 2.07 bits per heavy atom. The predicted molar refractivity (Wildman–Crippen MR) is 56.2 cm³/mol. The maximum absolute atomic E-state index is 12.0. The highest BCUT2D eigenvalue weighted by Crippen LogP contribution is 2.18. The molecule has 3 heteroatoms. The Balaban J connectivity index is 2.18. The predicted octanol–water partition coefficient (Wildman–Crippen LogP) is 1.40. The Bertz CT molecular complexity index is 361. The van der Waals surface area contributed by atoms with Crippen LogP contribution in [0.1, 0.15) is 23.2 Å². The van der Waals surface area contributed by atoms with Gasteiger partial charge >= 0.3 is 0 Å². The van der Waals surface area contributed by atoms with Gasteiger partial charge in [0, 0.05) is 12.1 Å². The molecule has 1 atom stereocenters. The number of likely N-dealkylation sites (tertiary alicyclic amines) is 1. The summed E-state index contributed by atoms with van der Waals surface area (Å²) in [5.74, 6) is -0.0681. The van der Waals surface area contributed by atoms with Crippen LogP contribution in [0.2, 0.25) is 0 Å². The molecule has 1 saturated heterocycles. The van der Waals surface area contributed by atoms with Crippen LogP contribution in [0.15, 0.2) is 30.3 Å². The lowest BCUT2D eigenvalue weighted by Gasteiger charge is -2.19. The van der Waals surface area contributed by atoms with Crippen LogP contribution in [-0.4, -0.2) is 29.7 Å². The van der Waals surface area contributed by atoms with Crippen LogP contribution in [0, 0.1) is 0 Å². The van der Waals surface area contributed by atoms with E-state index in [1.807, 2.05) is 24.5 Å². The number of carbonyl (C=O) groups is 1. The molecule has 1 aromatic rings. The Labute approximate surface area is 88.7 Å². The van der Waals surface area contributed by atoms with E-state index in [0.717, 1.165) is 12.8 Å². The molecule has 1 aliphatic rings. The normalized spacial score (nSPS) is 20.3. The van der Waals surface area contributed by atoms with Crippen molar-refractivity contribution in [3.63, 3.8) is 0 Å². The topological polar surface area (TPSA) is 37.4 Å². The van der Waals surface area contributed by atoms with Gasteiger partial charge in [0.15, 0.2) is 0 Å². The second-order valence-electron chi connectivity index (χ2n) is 3.64. The number of amides is 1. The van der Waals surface area contributed by atoms with Crippen LogP contribution in [-0.2, 0) is 4.79 Å².